The fraction of sp³-hybridized carbons (Fsp3) is 0.839. The first kappa shape index (κ1) is 68.6. The van der Waals surface area contributed by atoms with Crippen LogP contribution < -0.4 is 5.32 Å². The lowest BCUT2D eigenvalue weighted by Gasteiger charge is -2.40. The highest BCUT2D eigenvalue weighted by atomic mass is 16.7. The van der Waals surface area contributed by atoms with Crippen LogP contribution >= 0.6 is 0 Å². The van der Waals surface area contributed by atoms with Crippen molar-refractivity contribution >= 4 is 11.9 Å². The third-order valence-corrected chi connectivity index (χ3v) is 14.2. The molecule has 0 radical (unpaired) electrons. The van der Waals surface area contributed by atoms with E-state index in [1.807, 2.05) is 6.08 Å². The minimum atomic E-state index is -1.58. The Balaban J connectivity index is 2.03. The van der Waals surface area contributed by atoms with Gasteiger partial charge < -0.3 is 45.1 Å². The number of esters is 1. The van der Waals surface area contributed by atoms with Gasteiger partial charge in [-0.25, -0.2) is 0 Å². The average molecular weight is 1030 g/mol. The number of ether oxygens (including phenoxy) is 3. The molecule has 1 fully saturated rings. The Labute approximate surface area is 446 Å². The van der Waals surface area contributed by atoms with E-state index >= 15 is 0 Å². The van der Waals surface area contributed by atoms with Gasteiger partial charge in [-0.05, 0) is 64.2 Å². The molecule has 0 aromatic heterocycles. The number of unbranched alkanes of at least 4 members (excludes halogenated alkanes) is 32. The maximum atomic E-state index is 13.0. The van der Waals surface area contributed by atoms with Crippen molar-refractivity contribution in [3.8, 4) is 0 Å². The molecule has 1 aliphatic heterocycles. The van der Waals surface area contributed by atoms with Gasteiger partial charge in [-0.15, -0.1) is 0 Å². The first-order valence-corrected chi connectivity index (χ1v) is 30.4. The number of aliphatic hydroxyl groups excluding tert-OH is 5. The normalized spacial score (nSPS) is 19.2. The highest BCUT2D eigenvalue weighted by Crippen LogP contribution is 2.23. The summed E-state index contributed by atoms with van der Waals surface area (Å²) in [4.78, 5) is 25.0. The van der Waals surface area contributed by atoms with Crippen LogP contribution in [0, 0.1) is 0 Å². The maximum absolute atomic E-state index is 13.0. The SMILES string of the molecule is CCCCC/C=C/CC/C=C/C(O)C(COC1OC(CO)C(O)C(O)C1O)NC(=O)CCCCCCCCCCCCCCCC/C=C\C/C=C\CCOC(=O)CCCCCCCCCCCCCCCCC. The van der Waals surface area contributed by atoms with Crippen LogP contribution in [0.5, 0.6) is 0 Å². The molecule has 0 aliphatic carbocycles. The van der Waals surface area contributed by atoms with Crippen LogP contribution in [0.15, 0.2) is 48.6 Å². The summed E-state index contributed by atoms with van der Waals surface area (Å²) in [7, 11) is 0. The summed E-state index contributed by atoms with van der Waals surface area (Å²) in [6.45, 7) is 4.17. The number of hydrogen-bond donors (Lipinski definition) is 6. The van der Waals surface area contributed by atoms with Crippen molar-refractivity contribution in [1.29, 1.82) is 0 Å². The first-order chi connectivity index (χ1) is 35.7. The van der Waals surface area contributed by atoms with Gasteiger partial charge in [0.15, 0.2) is 6.29 Å². The van der Waals surface area contributed by atoms with E-state index in [0.717, 1.165) is 77.0 Å². The summed E-state index contributed by atoms with van der Waals surface area (Å²) >= 11 is 0. The van der Waals surface area contributed by atoms with E-state index in [-0.39, 0.29) is 18.5 Å². The van der Waals surface area contributed by atoms with Gasteiger partial charge in [-0.3, -0.25) is 9.59 Å². The summed E-state index contributed by atoms with van der Waals surface area (Å²) in [5.41, 5.74) is 0. The van der Waals surface area contributed by atoms with Crippen LogP contribution in [0.2, 0.25) is 0 Å². The Bertz CT molecular complexity index is 1350. The molecule has 426 valence electrons. The number of amides is 1. The van der Waals surface area contributed by atoms with Crippen molar-refractivity contribution < 1.29 is 49.3 Å². The van der Waals surface area contributed by atoms with Crippen molar-refractivity contribution in [2.24, 2.45) is 0 Å². The number of carbonyl (C=O) groups excluding carboxylic acids is 2. The second-order valence-corrected chi connectivity index (χ2v) is 21.0. The lowest BCUT2D eigenvalue weighted by molar-refractivity contribution is -0.302. The molecule has 0 spiro atoms. The quantitative estimate of drug-likeness (QED) is 0.0195. The third kappa shape index (κ3) is 41.5. The van der Waals surface area contributed by atoms with Crippen LogP contribution in [-0.4, -0.2) is 100 Å². The van der Waals surface area contributed by atoms with Crippen LogP contribution in [0.25, 0.3) is 0 Å². The van der Waals surface area contributed by atoms with Crippen molar-refractivity contribution in [1.82, 2.24) is 5.32 Å². The molecule has 1 amide bonds. The Morgan fingerprint density at radius 2 is 0.932 bits per heavy atom. The van der Waals surface area contributed by atoms with Gasteiger partial charge >= 0.3 is 5.97 Å². The minimum Gasteiger partial charge on any atom is -0.465 e. The van der Waals surface area contributed by atoms with E-state index in [4.69, 9.17) is 14.2 Å². The Hall–Kier alpha value is -2.38. The monoisotopic (exact) mass is 1030 g/mol. The van der Waals surface area contributed by atoms with Gasteiger partial charge in [0, 0.05) is 12.8 Å². The van der Waals surface area contributed by atoms with Gasteiger partial charge in [0.2, 0.25) is 5.91 Å². The standard InChI is InChI=1S/C62H113NO10/c1-3-5-7-9-11-13-14-15-23-27-30-34-38-42-46-50-58(67)71-51-47-43-39-35-31-28-25-22-20-18-16-17-19-21-24-26-29-33-37-41-45-49-57(66)63-54(55(65)48-44-40-36-32-12-10-8-6-4-2)53-72-62-61(70)60(69)59(68)56(52-64)73-62/h12,28,31-32,39,43-44,48,54-56,59-62,64-65,68-70H,3-11,13-27,29-30,33-38,40-42,45-47,49-53H2,1-2H3,(H,63,66)/b31-28-,32-12+,43-39-,48-44+. The van der Waals surface area contributed by atoms with Crippen LogP contribution in [0.4, 0.5) is 0 Å². The smallest absolute Gasteiger partial charge is 0.305 e. The van der Waals surface area contributed by atoms with E-state index in [1.165, 1.54) is 167 Å². The van der Waals surface area contributed by atoms with E-state index in [0.29, 0.717) is 19.4 Å². The number of hydrogen-bond acceptors (Lipinski definition) is 10. The van der Waals surface area contributed by atoms with E-state index in [1.54, 1.807) is 6.08 Å². The molecule has 1 aliphatic rings. The molecule has 73 heavy (non-hydrogen) atoms. The largest absolute Gasteiger partial charge is 0.465 e. The molecule has 0 saturated carbocycles. The molecular formula is C62H113NO10. The van der Waals surface area contributed by atoms with E-state index < -0.39 is 49.5 Å². The van der Waals surface area contributed by atoms with Crippen molar-refractivity contribution in [2.45, 2.75) is 314 Å². The minimum absolute atomic E-state index is 0.0465. The Kier molecular flexibility index (Phi) is 48.6. The third-order valence-electron chi connectivity index (χ3n) is 14.2. The summed E-state index contributed by atoms with van der Waals surface area (Å²) in [5.74, 6) is -0.246. The summed E-state index contributed by atoms with van der Waals surface area (Å²) in [5, 5.41) is 54.1. The molecule has 11 nitrogen and oxygen atoms in total. The van der Waals surface area contributed by atoms with Gasteiger partial charge in [-0.2, -0.15) is 0 Å². The number of allylic oxidation sites excluding steroid dienone is 6. The molecule has 0 bridgehead atoms. The molecule has 7 unspecified atom stereocenters. The fourth-order valence-electron chi connectivity index (χ4n) is 9.35. The maximum Gasteiger partial charge on any atom is 0.305 e. The van der Waals surface area contributed by atoms with Crippen LogP contribution in [0.1, 0.15) is 271 Å². The van der Waals surface area contributed by atoms with Crippen molar-refractivity contribution in [3.05, 3.63) is 48.6 Å². The van der Waals surface area contributed by atoms with Gasteiger partial charge in [0.05, 0.1) is 32.0 Å². The molecule has 1 heterocycles. The average Bonchev–Trinajstić information content (AvgIpc) is 3.39. The molecule has 0 aromatic carbocycles. The summed E-state index contributed by atoms with van der Waals surface area (Å²) in [6.07, 6.45) is 55.3. The van der Waals surface area contributed by atoms with E-state index in [9.17, 15) is 35.1 Å². The molecular weight excluding hydrogens is 919 g/mol. The number of rotatable bonds is 52. The lowest BCUT2D eigenvalue weighted by atomic mass is 9.99. The fourth-order valence-corrected chi connectivity index (χ4v) is 9.35. The predicted molar refractivity (Wildman–Crippen MR) is 301 cm³/mol. The summed E-state index contributed by atoms with van der Waals surface area (Å²) < 4.78 is 16.6. The van der Waals surface area contributed by atoms with Gasteiger partial charge in [0.1, 0.15) is 24.4 Å². The second-order valence-electron chi connectivity index (χ2n) is 21.0. The lowest BCUT2D eigenvalue weighted by Crippen LogP contribution is -2.60. The molecule has 1 saturated heterocycles. The highest BCUT2D eigenvalue weighted by Gasteiger charge is 2.44. The van der Waals surface area contributed by atoms with Crippen LogP contribution in [-0.2, 0) is 23.8 Å². The zero-order valence-corrected chi connectivity index (χ0v) is 46.8. The number of carbonyl (C=O) groups is 2. The zero-order valence-electron chi connectivity index (χ0n) is 46.8. The Morgan fingerprint density at radius 1 is 0.507 bits per heavy atom. The second kappa shape index (κ2) is 51.7. The van der Waals surface area contributed by atoms with Crippen molar-refractivity contribution in [2.75, 3.05) is 19.8 Å². The van der Waals surface area contributed by atoms with Crippen LogP contribution in [0.3, 0.4) is 0 Å². The highest BCUT2D eigenvalue weighted by molar-refractivity contribution is 5.76. The van der Waals surface area contributed by atoms with Crippen molar-refractivity contribution in [3.63, 3.8) is 0 Å². The topological polar surface area (TPSA) is 175 Å². The Morgan fingerprint density at radius 3 is 1.47 bits per heavy atom. The van der Waals surface area contributed by atoms with Gasteiger partial charge in [-0.1, -0.05) is 242 Å². The summed E-state index contributed by atoms with van der Waals surface area (Å²) in [6, 6.07) is -0.830. The molecule has 11 heteroatoms. The zero-order chi connectivity index (χ0) is 53.1. The molecule has 6 N–H and O–H groups in total. The molecule has 1 rings (SSSR count). The molecule has 7 atom stereocenters. The van der Waals surface area contributed by atoms with Gasteiger partial charge in [0.25, 0.3) is 0 Å². The number of aliphatic hydroxyl groups is 5. The predicted octanol–water partition coefficient (Wildman–Crippen LogP) is 14.1. The van der Waals surface area contributed by atoms with E-state index in [2.05, 4.69) is 55.6 Å². The first-order valence-electron chi connectivity index (χ1n) is 30.4. The number of nitrogens with one attached hydrogen (secondary N) is 1. The molecule has 0 aromatic rings.